The predicted octanol–water partition coefficient (Wildman–Crippen LogP) is 7.97. The fourth-order valence-electron chi connectivity index (χ4n) is 3.54. The maximum absolute atomic E-state index is 14.8. The van der Waals surface area contributed by atoms with Gasteiger partial charge in [-0.3, -0.25) is 0 Å². The molecule has 0 saturated heterocycles. The van der Waals surface area contributed by atoms with Crippen molar-refractivity contribution in [3.05, 3.63) is 94.8 Å². The molecule has 33 heavy (non-hydrogen) atoms. The van der Waals surface area contributed by atoms with Crippen LogP contribution in [0.2, 0.25) is 0 Å². The van der Waals surface area contributed by atoms with Gasteiger partial charge in [0.25, 0.3) is 0 Å². The molecule has 0 aliphatic heterocycles. The lowest BCUT2D eigenvalue weighted by atomic mass is 10.0. The van der Waals surface area contributed by atoms with Gasteiger partial charge in [0.05, 0.1) is 10.2 Å². The van der Waals surface area contributed by atoms with Crippen LogP contribution in [0.25, 0.3) is 32.1 Å². The molecule has 0 aliphatic rings. The average molecular weight is 471 g/mol. The topological polar surface area (TPSA) is 22.1 Å². The second kappa shape index (κ2) is 7.81. The van der Waals surface area contributed by atoms with E-state index in [1.807, 2.05) is 6.92 Å². The third-order valence-corrected chi connectivity index (χ3v) is 6.24. The van der Waals surface area contributed by atoms with Crippen LogP contribution in [0.4, 0.5) is 22.0 Å². The Bertz CT molecular complexity index is 1510. The standard InChI is InChI=1S/C25H14F5NOS/c1-13-2-7-21-22(8-13)33-24(31-21)25(29,30)32-18-6-5-14-9-15(3-4-16(14)10-18)17-11-19(26)23(28)20(27)12-17/h2-12H,1H3. The van der Waals surface area contributed by atoms with Crippen LogP contribution in [0.1, 0.15) is 10.6 Å². The monoisotopic (exact) mass is 471 g/mol. The number of hydrogen-bond donors (Lipinski definition) is 0. The molecular weight excluding hydrogens is 457 g/mol. The van der Waals surface area contributed by atoms with E-state index < -0.39 is 28.6 Å². The van der Waals surface area contributed by atoms with Crippen LogP contribution in [-0.4, -0.2) is 4.98 Å². The van der Waals surface area contributed by atoms with Crippen molar-refractivity contribution in [2.45, 2.75) is 13.0 Å². The Morgan fingerprint density at radius 3 is 2.24 bits per heavy atom. The summed E-state index contributed by atoms with van der Waals surface area (Å²) < 4.78 is 75.6. The highest BCUT2D eigenvalue weighted by Gasteiger charge is 2.38. The van der Waals surface area contributed by atoms with Crippen LogP contribution in [-0.2, 0) is 6.11 Å². The van der Waals surface area contributed by atoms with E-state index in [1.54, 1.807) is 42.5 Å². The van der Waals surface area contributed by atoms with Gasteiger partial charge in [-0.05, 0) is 76.9 Å². The van der Waals surface area contributed by atoms with E-state index in [4.69, 9.17) is 4.74 Å². The number of alkyl halides is 2. The number of ether oxygens (including phenoxy) is 1. The van der Waals surface area contributed by atoms with Gasteiger partial charge >= 0.3 is 6.11 Å². The number of aromatic nitrogens is 1. The van der Waals surface area contributed by atoms with Gasteiger partial charge in [-0.25, -0.2) is 18.2 Å². The fraction of sp³-hybridized carbons (Fsp3) is 0.0800. The number of fused-ring (bicyclic) bond motifs is 2. The van der Waals surface area contributed by atoms with Crippen molar-refractivity contribution in [3.63, 3.8) is 0 Å². The third kappa shape index (κ3) is 4.02. The normalized spacial score (nSPS) is 11.9. The van der Waals surface area contributed by atoms with Crippen LogP contribution in [0.5, 0.6) is 5.75 Å². The zero-order valence-electron chi connectivity index (χ0n) is 17.0. The van der Waals surface area contributed by atoms with E-state index >= 15 is 0 Å². The molecule has 0 spiro atoms. The Hall–Kier alpha value is -3.52. The predicted molar refractivity (Wildman–Crippen MR) is 118 cm³/mol. The summed E-state index contributed by atoms with van der Waals surface area (Å²) in [7, 11) is 0. The summed E-state index contributed by atoms with van der Waals surface area (Å²) in [6, 6.07) is 16.3. The average Bonchev–Trinajstić information content (AvgIpc) is 3.21. The minimum Gasteiger partial charge on any atom is -0.427 e. The van der Waals surface area contributed by atoms with Crippen molar-refractivity contribution in [2.24, 2.45) is 0 Å². The van der Waals surface area contributed by atoms with Crippen molar-refractivity contribution in [1.82, 2.24) is 4.98 Å². The molecule has 0 atom stereocenters. The third-order valence-electron chi connectivity index (χ3n) is 5.17. The SMILES string of the molecule is Cc1ccc2nc(C(F)(F)Oc3ccc4cc(-c5cc(F)c(F)c(F)c5)ccc4c3)sc2c1. The molecule has 5 rings (SSSR count). The van der Waals surface area contributed by atoms with Crippen molar-refractivity contribution < 1.29 is 26.7 Å². The van der Waals surface area contributed by atoms with Crippen LogP contribution < -0.4 is 4.74 Å². The molecule has 166 valence electrons. The second-order valence-corrected chi connectivity index (χ2v) is 8.62. The molecular formula is C25H14F5NOS. The molecule has 0 saturated carbocycles. The molecule has 0 bridgehead atoms. The van der Waals surface area contributed by atoms with Gasteiger partial charge in [-0.1, -0.05) is 24.3 Å². The summed E-state index contributed by atoms with van der Waals surface area (Å²) in [6.07, 6.45) is -3.63. The molecule has 0 radical (unpaired) electrons. The highest BCUT2D eigenvalue weighted by molar-refractivity contribution is 7.18. The molecule has 1 heterocycles. The van der Waals surface area contributed by atoms with Crippen LogP contribution in [0.3, 0.4) is 0 Å². The van der Waals surface area contributed by atoms with Crippen molar-refractivity contribution >= 4 is 32.3 Å². The maximum Gasteiger partial charge on any atom is 0.454 e. The highest BCUT2D eigenvalue weighted by atomic mass is 32.1. The number of hydrogen-bond acceptors (Lipinski definition) is 3. The lowest BCUT2D eigenvalue weighted by Crippen LogP contribution is -2.21. The zero-order chi connectivity index (χ0) is 23.3. The minimum atomic E-state index is -3.63. The Labute approximate surface area is 188 Å². The summed E-state index contributed by atoms with van der Waals surface area (Å²) in [5.41, 5.74) is 2.03. The first-order valence-electron chi connectivity index (χ1n) is 9.83. The van der Waals surface area contributed by atoms with Gasteiger partial charge < -0.3 is 4.74 Å². The van der Waals surface area contributed by atoms with Crippen molar-refractivity contribution in [3.8, 4) is 16.9 Å². The largest absolute Gasteiger partial charge is 0.454 e. The molecule has 0 amide bonds. The number of aryl methyl sites for hydroxylation is 1. The second-order valence-electron chi connectivity index (χ2n) is 7.59. The Balaban J connectivity index is 1.45. The lowest BCUT2D eigenvalue weighted by Gasteiger charge is -2.16. The van der Waals surface area contributed by atoms with E-state index in [0.717, 1.165) is 29.0 Å². The first-order valence-corrected chi connectivity index (χ1v) is 10.6. The van der Waals surface area contributed by atoms with Crippen LogP contribution in [0, 0.1) is 24.4 Å². The Morgan fingerprint density at radius 1 is 0.788 bits per heavy atom. The molecule has 2 nitrogen and oxygen atoms in total. The number of halogens is 5. The smallest absolute Gasteiger partial charge is 0.427 e. The number of rotatable bonds is 4. The minimum absolute atomic E-state index is 0.0606. The van der Waals surface area contributed by atoms with Crippen molar-refractivity contribution in [2.75, 3.05) is 0 Å². The van der Waals surface area contributed by atoms with Crippen molar-refractivity contribution in [1.29, 1.82) is 0 Å². The quantitative estimate of drug-likeness (QED) is 0.196. The number of thiazole rings is 1. The van der Waals surface area contributed by atoms with Crippen LogP contribution >= 0.6 is 11.3 Å². The van der Waals surface area contributed by atoms with Gasteiger partial charge in [-0.2, -0.15) is 8.78 Å². The fourth-order valence-corrected chi connectivity index (χ4v) is 4.51. The summed E-state index contributed by atoms with van der Waals surface area (Å²) in [6.45, 7) is 1.87. The number of benzene rings is 4. The van der Waals surface area contributed by atoms with Gasteiger partial charge in [0.1, 0.15) is 5.75 Å². The summed E-state index contributed by atoms with van der Waals surface area (Å²) >= 11 is 0.870. The summed E-state index contributed by atoms with van der Waals surface area (Å²) in [5, 5.41) is 0.762. The zero-order valence-corrected chi connectivity index (χ0v) is 17.8. The van der Waals surface area contributed by atoms with E-state index in [0.29, 0.717) is 26.6 Å². The first-order chi connectivity index (χ1) is 15.7. The molecule has 0 aliphatic carbocycles. The van der Waals surface area contributed by atoms with E-state index in [9.17, 15) is 22.0 Å². The Morgan fingerprint density at radius 2 is 1.48 bits per heavy atom. The molecule has 0 N–H and O–H groups in total. The molecule has 1 aromatic heterocycles. The molecule has 0 fully saturated rings. The number of nitrogens with zero attached hydrogens (tertiary/aromatic N) is 1. The molecule has 0 unspecified atom stereocenters. The van der Waals surface area contributed by atoms with Gasteiger partial charge in [-0.15, -0.1) is 11.3 Å². The van der Waals surface area contributed by atoms with Gasteiger partial charge in [0.2, 0.25) is 5.01 Å². The van der Waals surface area contributed by atoms with E-state index in [2.05, 4.69) is 4.98 Å². The lowest BCUT2D eigenvalue weighted by molar-refractivity contribution is -0.185. The summed E-state index contributed by atoms with van der Waals surface area (Å²) in [5.74, 6) is -4.18. The molecule has 4 aromatic carbocycles. The van der Waals surface area contributed by atoms with Crippen LogP contribution in [0.15, 0.2) is 66.7 Å². The van der Waals surface area contributed by atoms with E-state index in [-0.39, 0.29) is 11.3 Å². The van der Waals surface area contributed by atoms with Gasteiger partial charge in [0, 0.05) is 0 Å². The summed E-state index contributed by atoms with van der Waals surface area (Å²) in [4.78, 5) is 4.01. The molecule has 5 aromatic rings. The van der Waals surface area contributed by atoms with E-state index in [1.165, 1.54) is 12.1 Å². The highest BCUT2D eigenvalue weighted by Crippen LogP contribution is 2.38. The maximum atomic E-state index is 14.8. The van der Waals surface area contributed by atoms with Gasteiger partial charge in [0.15, 0.2) is 17.5 Å². The first kappa shape index (κ1) is 21.3. The molecule has 8 heteroatoms. The Kier molecular flexibility index (Phi) is 5.05.